The molecule has 5 rings (SSSR count). The Hall–Kier alpha value is -2.64. The molecule has 2 aromatic heterocycles. The Morgan fingerprint density at radius 1 is 1.32 bits per heavy atom. The van der Waals surface area contributed by atoms with Crippen molar-refractivity contribution in [3.05, 3.63) is 50.6 Å². The summed E-state index contributed by atoms with van der Waals surface area (Å²) in [5.41, 5.74) is 8.30. The molecule has 2 aliphatic rings. The van der Waals surface area contributed by atoms with E-state index in [2.05, 4.69) is 6.07 Å². The number of aromatic nitrogens is 1. The monoisotopic (exact) mass is 396 g/mol. The van der Waals surface area contributed by atoms with E-state index in [0.29, 0.717) is 16.7 Å². The van der Waals surface area contributed by atoms with E-state index in [1.54, 1.807) is 24.5 Å². The third kappa shape index (κ3) is 2.57. The van der Waals surface area contributed by atoms with Crippen LogP contribution in [0.5, 0.6) is 5.75 Å². The van der Waals surface area contributed by atoms with Crippen LogP contribution in [0, 0.1) is 0 Å². The lowest BCUT2D eigenvalue weighted by Crippen LogP contribution is -2.19. The molecule has 0 amide bonds. The summed E-state index contributed by atoms with van der Waals surface area (Å²) in [6.07, 6.45) is 5.19. The van der Waals surface area contributed by atoms with E-state index in [4.69, 9.17) is 10.5 Å². The number of nitrogens with zero attached hydrogens (tertiary/aromatic N) is 1. The van der Waals surface area contributed by atoms with Crippen molar-refractivity contribution in [2.24, 2.45) is 5.73 Å². The molecule has 0 aliphatic heterocycles. The lowest BCUT2D eigenvalue weighted by Gasteiger charge is -2.17. The summed E-state index contributed by atoms with van der Waals surface area (Å²) in [5.74, 6) is -0.571. The van der Waals surface area contributed by atoms with Gasteiger partial charge in [0.1, 0.15) is 5.56 Å². The second-order valence-corrected chi connectivity index (χ2v) is 8.72. The van der Waals surface area contributed by atoms with Crippen LogP contribution in [0.2, 0.25) is 0 Å². The van der Waals surface area contributed by atoms with Crippen molar-refractivity contribution in [2.45, 2.75) is 37.8 Å². The maximum absolute atomic E-state index is 12.8. The number of pyridine rings is 1. The first kappa shape index (κ1) is 17.5. The van der Waals surface area contributed by atoms with Gasteiger partial charge in [-0.05, 0) is 49.4 Å². The minimum Gasteiger partial charge on any atom is -0.494 e. The first-order valence-corrected chi connectivity index (χ1v) is 10.2. The molecule has 7 heteroatoms. The van der Waals surface area contributed by atoms with Crippen LogP contribution < -0.4 is 15.9 Å². The van der Waals surface area contributed by atoms with E-state index < -0.39 is 11.4 Å². The summed E-state index contributed by atoms with van der Waals surface area (Å²) >= 11 is 1.72. The lowest BCUT2D eigenvalue weighted by atomic mass is 10.0. The summed E-state index contributed by atoms with van der Waals surface area (Å²) in [5, 5.41) is 9.83. The molecule has 2 aliphatic carbocycles. The fourth-order valence-corrected chi connectivity index (χ4v) is 5.46. The minimum absolute atomic E-state index is 0.196. The highest BCUT2D eigenvalue weighted by atomic mass is 32.1. The number of rotatable bonds is 4. The highest BCUT2D eigenvalue weighted by molar-refractivity contribution is 7.15. The van der Waals surface area contributed by atoms with Crippen molar-refractivity contribution in [1.82, 2.24) is 4.57 Å². The molecule has 144 valence electrons. The topological polar surface area (TPSA) is 94.6 Å². The molecule has 3 N–H and O–H groups in total. The van der Waals surface area contributed by atoms with Crippen LogP contribution >= 0.6 is 11.3 Å². The highest BCUT2D eigenvalue weighted by Gasteiger charge is 2.30. The minimum atomic E-state index is -1.20. The Kier molecular flexibility index (Phi) is 3.86. The lowest BCUT2D eigenvalue weighted by molar-refractivity contribution is 0.0695. The third-order valence-corrected chi connectivity index (χ3v) is 6.85. The predicted octanol–water partition coefficient (Wildman–Crippen LogP) is 3.20. The van der Waals surface area contributed by atoms with Gasteiger partial charge < -0.3 is 20.1 Å². The summed E-state index contributed by atoms with van der Waals surface area (Å²) in [4.78, 5) is 26.7. The highest BCUT2D eigenvalue weighted by Crippen LogP contribution is 2.45. The van der Waals surface area contributed by atoms with E-state index in [9.17, 15) is 14.7 Å². The number of carbonyl (C=O) groups is 1. The summed E-state index contributed by atoms with van der Waals surface area (Å²) in [7, 11) is 1.60. The molecule has 1 saturated carbocycles. The standard InChI is InChI=1S/C21H20N2O4S/c1-27-20-13(17-7-10-6-11(22)8-16(10)28-17)4-5-14-18(20)23(12-2-3-12)9-15(19(14)24)21(25)26/h4-5,7,9,11-12H,2-3,6,8,22H2,1H3,(H,25,26). The fraction of sp³-hybridized carbons (Fsp3) is 0.333. The number of thiophene rings is 1. The Bertz CT molecular complexity index is 1170. The van der Waals surface area contributed by atoms with E-state index in [0.717, 1.165) is 36.1 Å². The van der Waals surface area contributed by atoms with Gasteiger partial charge in [-0.25, -0.2) is 4.79 Å². The van der Waals surface area contributed by atoms with Crippen LogP contribution in [0.25, 0.3) is 21.3 Å². The number of hydrogen-bond donors (Lipinski definition) is 2. The number of fused-ring (bicyclic) bond motifs is 2. The van der Waals surface area contributed by atoms with Gasteiger partial charge in [-0.15, -0.1) is 11.3 Å². The molecule has 1 fully saturated rings. The van der Waals surface area contributed by atoms with Gasteiger partial charge in [-0.1, -0.05) is 0 Å². The van der Waals surface area contributed by atoms with Crippen LogP contribution in [-0.4, -0.2) is 28.8 Å². The molecule has 0 bridgehead atoms. The van der Waals surface area contributed by atoms with Gasteiger partial charge in [-0.3, -0.25) is 4.79 Å². The van der Waals surface area contributed by atoms with Gasteiger partial charge in [0.15, 0.2) is 5.75 Å². The zero-order chi connectivity index (χ0) is 19.6. The van der Waals surface area contributed by atoms with Gasteiger partial charge in [0, 0.05) is 33.6 Å². The van der Waals surface area contributed by atoms with Crippen molar-refractivity contribution in [3.63, 3.8) is 0 Å². The van der Waals surface area contributed by atoms with Crippen molar-refractivity contribution in [2.75, 3.05) is 7.11 Å². The molecule has 0 saturated heterocycles. The summed E-state index contributed by atoms with van der Waals surface area (Å²) in [6.45, 7) is 0. The van der Waals surface area contributed by atoms with Crippen molar-refractivity contribution in [3.8, 4) is 16.2 Å². The zero-order valence-electron chi connectivity index (χ0n) is 15.4. The van der Waals surface area contributed by atoms with Crippen LogP contribution in [0.15, 0.2) is 29.2 Å². The molecule has 1 aromatic carbocycles. The molecule has 0 spiro atoms. The van der Waals surface area contributed by atoms with E-state index in [1.165, 1.54) is 16.6 Å². The molecule has 28 heavy (non-hydrogen) atoms. The molecular formula is C21H20N2O4S. The third-order valence-electron chi connectivity index (χ3n) is 5.61. The number of aromatic carboxylic acids is 1. The van der Waals surface area contributed by atoms with Crippen molar-refractivity contribution in [1.29, 1.82) is 0 Å². The Morgan fingerprint density at radius 2 is 2.11 bits per heavy atom. The van der Waals surface area contributed by atoms with Crippen LogP contribution in [0.1, 0.15) is 39.7 Å². The molecule has 0 radical (unpaired) electrons. The molecule has 1 unspecified atom stereocenters. The van der Waals surface area contributed by atoms with Crippen molar-refractivity contribution >= 4 is 28.2 Å². The Morgan fingerprint density at radius 3 is 2.75 bits per heavy atom. The second kappa shape index (κ2) is 6.18. The van der Waals surface area contributed by atoms with Crippen LogP contribution in [-0.2, 0) is 12.8 Å². The van der Waals surface area contributed by atoms with Crippen molar-refractivity contribution < 1.29 is 14.6 Å². The van der Waals surface area contributed by atoms with Crippen LogP contribution in [0.3, 0.4) is 0 Å². The van der Waals surface area contributed by atoms with Gasteiger partial charge >= 0.3 is 5.97 Å². The zero-order valence-corrected chi connectivity index (χ0v) is 16.2. The Labute approximate surface area is 165 Å². The number of hydrogen-bond acceptors (Lipinski definition) is 5. The normalized spacial score (nSPS) is 18.4. The van der Waals surface area contributed by atoms with E-state index in [-0.39, 0.29) is 17.6 Å². The van der Waals surface area contributed by atoms with Gasteiger partial charge in [0.05, 0.1) is 18.0 Å². The number of ether oxygens (including phenoxy) is 1. The quantitative estimate of drug-likeness (QED) is 0.706. The smallest absolute Gasteiger partial charge is 0.341 e. The van der Waals surface area contributed by atoms with E-state index >= 15 is 0 Å². The number of carboxylic acids is 1. The SMILES string of the molecule is COc1c(-c2cc3c(s2)CC(N)C3)ccc2c(=O)c(C(=O)O)cn(C3CC3)c12. The van der Waals surface area contributed by atoms with Crippen LogP contribution in [0.4, 0.5) is 0 Å². The van der Waals surface area contributed by atoms with Gasteiger partial charge in [0.25, 0.3) is 0 Å². The summed E-state index contributed by atoms with van der Waals surface area (Å²) in [6, 6.07) is 6.17. The molecule has 6 nitrogen and oxygen atoms in total. The largest absolute Gasteiger partial charge is 0.494 e. The number of benzene rings is 1. The molecule has 1 atom stereocenters. The second-order valence-electron chi connectivity index (χ2n) is 7.59. The number of methoxy groups -OCH3 is 1. The average Bonchev–Trinajstić information content (AvgIpc) is 3.34. The maximum Gasteiger partial charge on any atom is 0.341 e. The fourth-order valence-electron chi connectivity index (χ4n) is 4.15. The average molecular weight is 396 g/mol. The number of carboxylic acid groups (broad SMARTS) is 1. The first-order valence-electron chi connectivity index (χ1n) is 9.34. The van der Waals surface area contributed by atoms with Gasteiger partial charge in [0.2, 0.25) is 5.43 Å². The predicted molar refractivity (Wildman–Crippen MR) is 109 cm³/mol. The summed E-state index contributed by atoms with van der Waals surface area (Å²) < 4.78 is 7.70. The number of nitrogens with two attached hydrogens (primary N) is 1. The molecule has 2 heterocycles. The van der Waals surface area contributed by atoms with E-state index in [1.807, 2.05) is 10.6 Å². The maximum atomic E-state index is 12.8. The Balaban J connectivity index is 1.78. The molecule has 3 aromatic rings. The van der Waals surface area contributed by atoms with Gasteiger partial charge in [-0.2, -0.15) is 0 Å². The first-order chi connectivity index (χ1) is 13.5. The molecular weight excluding hydrogens is 376 g/mol.